The molecular weight excluding hydrogens is 387 g/mol. The van der Waals surface area contributed by atoms with E-state index in [1.54, 1.807) is 30.1 Å². The molecule has 154 valence electrons. The Labute approximate surface area is 166 Å². The molecule has 3 atom stereocenters. The highest BCUT2D eigenvalue weighted by Gasteiger charge is 2.67. The highest BCUT2D eigenvalue weighted by Crippen LogP contribution is 2.53. The third-order valence-corrected chi connectivity index (χ3v) is 5.69. The number of esters is 1. The summed E-state index contributed by atoms with van der Waals surface area (Å²) in [5.41, 5.74) is -3.55. The van der Waals surface area contributed by atoms with Gasteiger partial charge in [0, 0.05) is 37.4 Å². The Balaban J connectivity index is 1.81. The third-order valence-electron chi connectivity index (χ3n) is 5.69. The molecule has 2 aromatic carbocycles. The first-order chi connectivity index (χ1) is 13.8. The van der Waals surface area contributed by atoms with Crippen molar-refractivity contribution in [1.82, 2.24) is 0 Å². The largest absolute Gasteiger partial charge is 0.446 e. The smallest absolute Gasteiger partial charge is 0.432 e. The molecule has 4 rings (SSSR count). The van der Waals surface area contributed by atoms with Crippen LogP contribution in [0.1, 0.15) is 17.5 Å². The maximum absolute atomic E-state index is 14.2. The quantitative estimate of drug-likeness (QED) is 0.723. The van der Waals surface area contributed by atoms with Gasteiger partial charge in [0.25, 0.3) is 5.60 Å². The van der Waals surface area contributed by atoms with Gasteiger partial charge < -0.3 is 19.1 Å². The molecule has 2 aliphatic heterocycles. The molecule has 1 fully saturated rings. The molecule has 0 N–H and O–H groups in total. The van der Waals surface area contributed by atoms with Crippen molar-refractivity contribution in [2.75, 3.05) is 25.7 Å². The van der Waals surface area contributed by atoms with Crippen LogP contribution in [-0.4, -0.2) is 39.1 Å². The van der Waals surface area contributed by atoms with E-state index >= 15 is 0 Å². The van der Waals surface area contributed by atoms with Crippen LogP contribution in [0.25, 0.3) is 0 Å². The summed E-state index contributed by atoms with van der Waals surface area (Å²) in [6.45, 7) is 0.258. The number of carbonyl (C=O) groups is 1. The van der Waals surface area contributed by atoms with Gasteiger partial charge in [-0.2, -0.15) is 13.2 Å². The molecule has 0 bridgehead atoms. The van der Waals surface area contributed by atoms with E-state index in [1.165, 1.54) is 24.3 Å². The minimum absolute atomic E-state index is 0.247. The maximum atomic E-state index is 14.2. The number of para-hydroxylation sites is 1. The summed E-state index contributed by atoms with van der Waals surface area (Å²) >= 11 is 0. The van der Waals surface area contributed by atoms with Crippen LogP contribution in [-0.2, 0) is 30.2 Å². The van der Waals surface area contributed by atoms with Crippen molar-refractivity contribution in [2.45, 2.75) is 30.0 Å². The van der Waals surface area contributed by atoms with E-state index in [9.17, 15) is 18.0 Å². The molecule has 2 heterocycles. The standard InChI is InChI=1S/C21H20F3NO4/c1-25-16-11-7-6-10-15(16)19(12-13-28-17(19)25)29-18(26)20(27-2,21(22,23)24)14-8-4-3-5-9-14/h3-11,17H,12-13H2,1-2H3/t17-,19+,20-/m0/s1. The number of methoxy groups -OCH3 is 1. The van der Waals surface area contributed by atoms with E-state index in [0.29, 0.717) is 5.56 Å². The lowest BCUT2D eigenvalue weighted by molar-refractivity contribution is -0.283. The minimum Gasteiger partial charge on any atom is -0.446 e. The van der Waals surface area contributed by atoms with E-state index in [2.05, 4.69) is 0 Å². The van der Waals surface area contributed by atoms with Gasteiger partial charge in [0.05, 0.1) is 6.61 Å². The molecule has 0 radical (unpaired) electrons. The van der Waals surface area contributed by atoms with Crippen molar-refractivity contribution in [3.8, 4) is 0 Å². The number of carbonyl (C=O) groups excluding carboxylic acids is 1. The first-order valence-corrected chi connectivity index (χ1v) is 9.13. The van der Waals surface area contributed by atoms with Gasteiger partial charge in [-0.15, -0.1) is 0 Å². The van der Waals surface area contributed by atoms with Crippen molar-refractivity contribution in [3.63, 3.8) is 0 Å². The van der Waals surface area contributed by atoms with Crippen molar-refractivity contribution < 1.29 is 32.2 Å². The molecule has 0 spiro atoms. The van der Waals surface area contributed by atoms with Gasteiger partial charge in [-0.1, -0.05) is 48.5 Å². The molecule has 0 unspecified atom stereocenters. The van der Waals surface area contributed by atoms with Crippen LogP contribution in [0, 0.1) is 0 Å². The Morgan fingerprint density at radius 3 is 2.45 bits per heavy atom. The zero-order chi connectivity index (χ0) is 20.9. The Morgan fingerprint density at radius 1 is 1.14 bits per heavy atom. The lowest BCUT2D eigenvalue weighted by Crippen LogP contribution is -2.55. The van der Waals surface area contributed by atoms with Crippen LogP contribution in [0.5, 0.6) is 0 Å². The Bertz CT molecular complexity index is 920. The fraction of sp³-hybridized carbons (Fsp3) is 0.381. The second-order valence-corrected chi connectivity index (χ2v) is 7.13. The predicted octanol–water partition coefficient (Wildman–Crippen LogP) is 3.73. The Hall–Kier alpha value is -2.58. The zero-order valence-electron chi connectivity index (χ0n) is 15.9. The van der Waals surface area contributed by atoms with Crippen LogP contribution >= 0.6 is 0 Å². The second-order valence-electron chi connectivity index (χ2n) is 7.13. The van der Waals surface area contributed by atoms with E-state index in [4.69, 9.17) is 14.2 Å². The molecule has 0 saturated carbocycles. The summed E-state index contributed by atoms with van der Waals surface area (Å²) < 4.78 is 59.0. The average Bonchev–Trinajstić information content (AvgIpc) is 3.21. The highest BCUT2D eigenvalue weighted by molar-refractivity contribution is 5.84. The first-order valence-electron chi connectivity index (χ1n) is 9.13. The molecule has 0 amide bonds. The fourth-order valence-electron chi connectivity index (χ4n) is 4.32. The number of benzene rings is 2. The minimum atomic E-state index is -5.03. The molecule has 2 aromatic rings. The third kappa shape index (κ3) is 2.66. The average molecular weight is 407 g/mol. The first kappa shape index (κ1) is 19.7. The SMILES string of the molecule is CO[C@](C(=O)O[C@@]12CCO[C@@H]1N(C)c1ccccc12)(c1ccccc1)C(F)(F)F. The number of anilines is 1. The van der Waals surface area contributed by atoms with Crippen molar-refractivity contribution in [1.29, 1.82) is 0 Å². The Kier molecular flexibility index (Phi) is 4.59. The summed E-state index contributed by atoms with van der Waals surface area (Å²) in [5, 5.41) is 0. The number of ether oxygens (including phenoxy) is 3. The van der Waals surface area contributed by atoms with Crippen LogP contribution in [0.4, 0.5) is 18.9 Å². The van der Waals surface area contributed by atoms with Crippen molar-refractivity contribution in [3.05, 3.63) is 65.7 Å². The number of hydrogen-bond acceptors (Lipinski definition) is 5. The number of hydrogen-bond donors (Lipinski definition) is 0. The van der Waals surface area contributed by atoms with Crippen molar-refractivity contribution >= 4 is 11.7 Å². The molecule has 1 saturated heterocycles. The molecule has 0 aliphatic carbocycles. The number of halogens is 3. The summed E-state index contributed by atoms with van der Waals surface area (Å²) in [6.07, 6.45) is -5.49. The van der Waals surface area contributed by atoms with Crippen LogP contribution in [0.3, 0.4) is 0 Å². The second kappa shape index (κ2) is 6.74. The highest BCUT2D eigenvalue weighted by atomic mass is 19.4. The maximum Gasteiger partial charge on any atom is 0.432 e. The van der Waals surface area contributed by atoms with E-state index in [0.717, 1.165) is 12.8 Å². The van der Waals surface area contributed by atoms with Crippen LogP contribution < -0.4 is 4.90 Å². The molecule has 0 aromatic heterocycles. The summed E-state index contributed by atoms with van der Waals surface area (Å²) in [4.78, 5) is 15.0. The normalized spacial score (nSPS) is 25.3. The summed E-state index contributed by atoms with van der Waals surface area (Å²) in [5.74, 6) is -1.51. The van der Waals surface area contributed by atoms with Crippen molar-refractivity contribution in [2.24, 2.45) is 0 Å². The monoisotopic (exact) mass is 407 g/mol. The van der Waals surface area contributed by atoms with Crippen LogP contribution in [0.2, 0.25) is 0 Å². The van der Waals surface area contributed by atoms with E-state index in [1.807, 2.05) is 12.1 Å². The fourth-order valence-corrected chi connectivity index (χ4v) is 4.32. The molecule has 5 nitrogen and oxygen atoms in total. The topological polar surface area (TPSA) is 48.0 Å². The zero-order valence-corrected chi connectivity index (χ0v) is 15.9. The van der Waals surface area contributed by atoms with E-state index < -0.39 is 29.6 Å². The molecule has 8 heteroatoms. The number of likely N-dealkylation sites (N-methyl/N-ethyl adjacent to an activating group) is 1. The number of nitrogens with zero attached hydrogens (tertiary/aromatic N) is 1. The lowest BCUT2D eigenvalue weighted by atomic mass is 9.90. The van der Waals surface area contributed by atoms with Gasteiger partial charge in [-0.3, -0.25) is 0 Å². The van der Waals surface area contributed by atoms with Crippen LogP contribution in [0.15, 0.2) is 54.6 Å². The Morgan fingerprint density at radius 2 is 1.79 bits per heavy atom. The lowest BCUT2D eigenvalue weighted by Gasteiger charge is -2.37. The molecule has 29 heavy (non-hydrogen) atoms. The number of fused-ring (bicyclic) bond motifs is 3. The predicted molar refractivity (Wildman–Crippen MR) is 98.2 cm³/mol. The van der Waals surface area contributed by atoms with Gasteiger partial charge in [-0.25, -0.2) is 4.79 Å². The number of rotatable bonds is 4. The summed E-state index contributed by atoms with van der Waals surface area (Å²) in [7, 11) is 2.62. The van der Waals surface area contributed by atoms with Gasteiger partial charge in [0.2, 0.25) is 0 Å². The van der Waals surface area contributed by atoms with E-state index in [-0.39, 0.29) is 18.6 Å². The molecular formula is C21H20F3NO4. The summed E-state index contributed by atoms with van der Waals surface area (Å²) in [6, 6.07) is 13.9. The van der Waals surface area contributed by atoms with Gasteiger partial charge in [-0.05, 0) is 6.07 Å². The van der Waals surface area contributed by atoms with Gasteiger partial charge in [0.15, 0.2) is 11.8 Å². The number of alkyl halides is 3. The van der Waals surface area contributed by atoms with Gasteiger partial charge in [0.1, 0.15) is 0 Å². The molecule has 2 aliphatic rings. The van der Waals surface area contributed by atoms with Gasteiger partial charge >= 0.3 is 12.1 Å².